The van der Waals surface area contributed by atoms with Crippen LogP contribution in [0.4, 0.5) is 0 Å². The Labute approximate surface area is 85.1 Å². The van der Waals surface area contributed by atoms with Gasteiger partial charge in [0.2, 0.25) is 0 Å². The molecule has 0 fully saturated rings. The van der Waals surface area contributed by atoms with Crippen molar-refractivity contribution in [2.75, 3.05) is 0 Å². The molecule has 0 N–H and O–H groups in total. The molecule has 0 radical (unpaired) electrons. The average Bonchev–Trinajstić information content (AvgIpc) is 2.14. The molecule has 0 saturated heterocycles. The van der Waals surface area contributed by atoms with Gasteiger partial charge in [-0.2, -0.15) is 0 Å². The van der Waals surface area contributed by atoms with E-state index in [1.165, 1.54) is 11.1 Å². The Balaban J connectivity index is 2.45. The minimum atomic E-state index is 0.306. The van der Waals surface area contributed by atoms with Gasteiger partial charge in [0, 0.05) is 17.8 Å². The standard InChI is InChI=1S/C11H16ClN/c1-3-11(12)5-4-10-6-9(2)7-13-8-10/h6-8,11H,3-5H2,1-2H3. The summed E-state index contributed by atoms with van der Waals surface area (Å²) in [4.78, 5) is 4.14. The molecule has 1 aromatic rings. The normalized spacial score (nSPS) is 12.8. The Bertz CT molecular complexity index is 260. The predicted octanol–water partition coefficient (Wildman–Crippen LogP) is 3.34. The number of hydrogen-bond acceptors (Lipinski definition) is 1. The van der Waals surface area contributed by atoms with Gasteiger partial charge < -0.3 is 0 Å². The lowest BCUT2D eigenvalue weighted by Crippen LogP contribution is -1.99. The first-order chi connectivity index (χ1) is 6.22. The van der Waals surface area contributed by atoms with Crippen LogP contribution in [0.15, 0.2) is 18.5 Å². The second kappa shape index (κ2) is 5.23. The molecule has 0 aliphatic rings. The quantitative estimate of drug-likeness (QED) is 0.675. The van der Waals surface area contributed by atoms with Gasteiger partial charge in [-0.05, 0) is 37.3 Å². The van der Waals surface area contributed by atoms with Crippen LogP contribution in [-0.2, 0) is 6.42 Å². The van der Waals surface area contributed by atoms with Crippen molar-refractivity contribution >= 4 is 11.6 Å². The first kappa shape index (κ1) is 10.5. The number of halogens is 1. The molecule has 0 amide bonds. The summed E-state index contributed by atoms with van der Waals surface area (Å²) in [5, 5.41) is 0.306. The first-order valence-corrected chi connectivity index (χ1v) is 5.20. The lowest BCUT2D eigenvalue weighted by molar-refractivity contribution is 0.725. The van der Waals surface area contributed by atoms with Crippen LogP contribution >= 0.6 is 11.6 Å². The Kier molecular flexibility index (Phi) is 4.23. The van der Waals surface area contributed by atoms with Gasteiger partial charge in [0.15, 0.2) is 0 Å². The summed E-state index contributed by atoms with van der Waals surface area (Å²) in [5.41, 5.74) is 2.51. The lowest BCUT2D eigenvalue weighted by Gasteiger charge is -2.05. The number of hydrogen-bond donors (Lipinski definition) is 0. The molecule has 1 atom stereocenters. The van der Waals surface area contributed by atoms with Gasteiger partial charge in [-0.3, -0.25) is 4.98 Å². The molecule has 1 aromatic heterocycles. The summed E-state index contributed by atoms with van der Waals surface area (Å²) in [6.45, 7) is 4.18. The average molecular weight is 198 g/mol. The molecule has 0 saturated carbocycles. The Hall–Kier alpha value is -0.560. The number of alkyl halides is 1. The molecule has 2 heteroatoms. The van der Waals surface area contributed by atoms with Crippen molar-refractivity contribution in [2.24, 2.45) is 0 Å². The molecule has 0 spiro atoms. The summed E-state index contributed by atoms with van der Waals surface area (Å²) in [6, 6.07) is 2.17. The van der Waals surface area contributed by atoms with E-state index in [4.69, 9.17) is 11.6 Å². The summed E-state index contributed by atoms with van der Waals surface area (Å²) in [7, 11) is 0. The highest BCUT2D eigenvalue weighted by atomic mass is 35.5. The minimum absolute atomic E-state index is 0.306. The van der Waals surface area contributed by atoms with Gasteiger partial charge in [0.05, 0.1) is 0 Å². The number of pyridine rings is 1. The van der Waals surface area contributed by atoms with Crippen LogP contribution in [0.5, 0.6) is 0 Å². The predicted molar refractivity (Wildman–Crippen MR) is 57.2 cm³/mol. The molecule has 0 aromatic carbocycles. The molecule has 1 heterocycles. The zero-order chi connectivity index (χ0) is 9.68. The van der Waals surface area contributed by atoms with Crippen molar-refractivity contribution in [1.29, 1.82) is 0 Å². The monoisotopic (exact) mass is 197 g/mol. The maximum absolute atomic E-state index is 6.03. The van der Waals surface area contributed by atoms with Gasteiger partial charge >= 0.3 is 0 Å². The van der Waals surface area contributed by atoms with E-state index in [0.717, 1.165) is 19.3 Å². The van der Waals surface area contributed by atoms with E-state index in [9.17, 15) is 0 Å². The molecule has 0 bridgehead atoms. The molecular formula is C11H16ClN. The van der Waals surface area contributed by atoms with Gasteiger partial charge in [0.1, 0.15) is 0 Å². The van der Waals surface area contributed by atoms with Crippen molar-refractivity contribution in [3.05, 3.63) is 29.6 Å². The van der Waals surface area contributed by atoms with Crippen LogP contribution < -0.4 is 0 Å². The zero-order valence-corrected chi connectivity index (χ0v) is 9.01. The van der Waals surface area contributed by atoms with Crippen molar-refractivity contribution in [3.8, 4) is 0 Å². The number of aryl methyl sites for hydroxylation is 2. The Morgan fingerprint density at radius 1 is 1.46 bits per heavy atom. The van der Waals surface area contributed by atoms with Crippen LogP contribution in [0.25, 0.3) is 0 Å². The molecule has 0 aliphatic heterocycles. The second-order valence-electron chi connectivity index (χ2n) is 3.41. The van der Waals surface area contributed by atoms with E-state index in [-0.39, 0.29) is 0 Å². The van der Waals surface area contributed by atoms with Gasteiger partial charge in [-0.1, -0.05) is 13.0 Å². The first-order valence-electron chi connectivity index (χ1n) is 4.77. The molecule has 1 nitrogen and oxygen atoms in total. The van der Waals surface area contributed by atoms with Crippen molar-refractivity contribution in [3.63, 3.8) is 0 Å². The van der Waals surface area contributed by atoms with Crippen LogP contribution in [0, 0.1) is 6.92 Å². The molecule has 0 aliphatic carbocycles. The number of aromatic nitrogens is 1. The van der Waals surface area contributed by atoms with Gasteiger partial charge in [-0.25, -0.2) is 0 Å². The van der Waals surface area contributed by atoms with E-state index < -0.39 is 0 Å². The highest BCUT2D eigenvalue weighted by Gasteiger charge is 2.01. The van der Waals surface area contributed by atoms with Crippen molar-refractivity contribution in [1.82, 2.24) is 4.98 Å². The number of rotatable bonds is 4. The van der Waals surface area contributed by atoms with Crippen molar-refractivity contribution in [2.45, 2.75) is 38.5 Å². The fourth-order valence-corrected chi connectivity index (χ4v) is 1.39. The third-order valence-corrected chi connectivity index (χ3v) is 2.65. The highest BCUT2D eigenvalue weighted by Crippen LogP contribution is 2.11. The summed E-state index contributed by atoms with van der Waals surface area (Å²) in [5.74, 6) is 0. The fraction of sp³-hybridized carbons (Fsp3) is 0.545. The highest BCUT2D eigenvalue weighted by molar-refractivity contribution is 6.20. The van der Waals surface area contributed by atoms with Gasteiger partial charge in [-0.15, -0.1) is 11.6 Å². The second-order valence-corrected chi connectivity index (χ2v) is 4.03. The zero-order valence-electron chi connectivity index (χ0n) is 8.26. The van der Waals surface area contributed by atoms with Crippen LogP contribution in [0.2, 0.25) is 0 Å². The van der Waals surface area contributed by atoms with Crippen LogP contribution in [0.1, 0.15) is 30.9 Å². The van der Waals surface area contributed by atoms with Crippen LogP contribution in [-0.4, -0.2) is 10.4 Å². The molecule has 1 unspecified atom stereocenters. The largest absolute Gasteiger partial charge is 0.264 e. The SMILES string of the molecule is CCC(Cl)CCc1cncc(C)c1. The molecule has 72 valence electrons. The van der Waals surface area contributed by atoms with Gasteiger partial charge in [0.25, 0.3) is 0 Å². The summed E-state index contributed by atoms with van der Waals surface area (Å²) < 4.78 is 0. The minimum Gasteiger partial charge on any atom is -0.264 e. The smallest absolute Gasteiger partial charge is 0.0336 e. The third-order valence-electron chi connectivity index (χ3n) is 2.12. The van der Waals surface area contributed by atoms with E-state index in [0.29, 0.717) is 5.38 Å². The fourth-order valence-electron chi connectivity index (χ4n) is 1.28. The number of nitrogens with zero attached hydrogens (tertiary/aromatic N) is 1. The third kappa shape index (κ3) is 3.77. The van der Waals surface area contributed by atoms with Crippen molar-refractivity contribution < 1.29 is 0 Å². The summed E-state index contributed by atoms with van der Waals surface area (Å²) in [6.07, 6.45) is 6.93. The summed E-state index contributed by atoms with van der Waals surface area (Å²) >= 11 is 6.03. The maximum atomic E-state index is 6.03. The topological polar surface area (TPSA) is 12.9 Å². The molecule has 1 rings (SSSR count). The molecular weight excluding hydrogens is 182 g/mol. The van der Waals surface area contributed by atoms with E-state index in [2.05, 4.69) is 24.9 Å². The maximum Gasteiger partial charge on any atom is 0.0336 e. The lowest BCUT2D eigenvalue weighted by atomic mass is 10.1. The van der Waals surface area contributed by atoms with E-state index in [1.54, 1.807) is 0 Å². The Morgan fingerprint density at radius 2 is 2.23 bits per heavy atom. The molecule has 13 heavy (non-hydrogen) atoms. The Morgan fingerprint density at radius 3 is 2.85 bits per heavy atom. The van der Waals surface area contributed by atoms with E-state index >= 15 is 0 Å². The van der Waals surface area contributed by atoms with Crippen LogP contribution in [0.3, 0.4) is 0 Å². The van der Waals surface area contributed by atoms with E-state index in [1.807, 2.05) is 12.4 Å².